The molecule has 3 aromatic heterocycles. The molecule has 0 spiro atoms. The summed E-state index contributed by atoms with van der Waals surface area (Å²) in [7, 11) is 1.33. The molecule has 0 unspecified atom stereocenters. The Morgan fingerprint density at radius 1 is 1.35 bits per heavy atom. The second-order valence-electron chi connectivity index (χ2n) is 4.10. The lowest BCUT2D eigenvalue weighted by Crippen LogP contribution is -2.03. The number of imidazole rings is 1. The Labute approximate surface area is 119 Å². The number of carbonyl (C=O) groups excluding carboxylic acids is 1. The zero-order chi connectivity index (χ0) is 14.1. The van der Waals surface area contributed by atoms with Gasteiger partial charge in [0.25, 0.3) is 0 Å². The van der Waals surface area contributed by atoms with Gasteiger partial charge in [0.2, 0.25) is 0 Å². The van der Waals surface area contributed by atoms with Crippen molar-refractivity contribution in [3.8, 4) is 11.4 Å². The highest BCUT2D eigenvalue weighted by Crippen LogP contribution is 2.27. The predicted octanol–water partition coefficient (Wildman–Crippen LogP) is 2.84. The van der Waals surface area contributed by atoms with Crippen molar-refractivity contribution in [2.45, 2.75) is 0 Å². The van der Waals surface area contributed by atoms with E-state index in [-0.39, 0.29) is 5.15 Å². The zero-order valence-electron chi connectivity index (χ0n) is 10.6. The first-order chi connectivity index (χ1) is 9.72. The molecule has 0 aromatic carbocycles. The van der Waals surface area contributed by atoms with Gasteiger partial charge in [0, 0.05) is 24.2 Å². The molecular weight excluding hydrogens is 278 g/mol. The van der Waals surface area contributed by atoms with E-state index in [1.54, 1.807) is 35.1 Å². The quantitative estimate of drug-likeness (QED) is 0.680. The Kier molecular flexibility index (Phi) is 3.12. The Balaban J connectivity index is 2.31. The Bertz CT molecular complexity index is 784. The van der Waals surface area contributed by atoms with E-state index in [9.17, 15) is 4.79 Å². The number of hydrogen-bond donors (Lipinski definition) is 0. The summed E-state index contributed by atoms with van der Waals surface area (Å²) in [4.78, 5) is 20.2. The lowest BCUT2D eigenvalue weighted by molar-refractivity contribution is 0.0602. The number of ether oxygens (including phenoxy) is 1. The molecule has 20 heavy (non-hydrogen) atoms. The van der Waals surface area contributed by atoms with Crippen LogP contribution in [0.5, 0.6) is 0 Å². The van der Waals surface area contributed by atoms with E-state index in [0.717, 1.165) is 5.56 Å². The average molecular weight is 288 g/mol. The number of rotatable bonds is 2. The highest BCUT2D eigenvalue weighted by atomic mass is 35.5. The second kappa shape index (κ2) is 4.94. The van der Waals surface area contributed by atoms with Crippen molar-refractivity contribution in [1.29, 1.82) is 0 Å². The van der Waals surface area contributed by atoms with E-state index < -0.39 is 5.97 Å². The van der Waals surface area contributed by atoms with Gasteiger partial charge in [0.1, 0.15) is 5.82 Å². The minimum atomic E-state index is -0.449. The number of hydrogen-bond acceptors (Lipinski definition) is 4. The van der Waals surface area contributed by atoms with E-state index in [1.165, 1.54) is 7.11 Å². The highest BCUT2D eigenvalue weighted by molar-refractivity contribution is 6.33. The molecule has 0 radical (unpaired) electrons. The van der Waals surface area contributed by atoms with Gasteiger partial charge in [-0.05, 0) is 24.3 Å². The second-order valence-corrected chi connectivity index (χ2v) is 4.46. The molecule has 0 atom stereocenters. The lowest BCUT2D eigenvalue weighted by Gasteiger charge is -2.04. The van der Waals surface area contributed by atoms with Gasteiger partial charge in [-0.15, -0.1) is 0 Å². The maximum absolute atomic E-state index is 11.8. The summed E-state index contributed by atoms with van der Waals surface area (Å²) in [6, 6.07) is 7.09. The molecule has 0 bridgehead atoms. The predicted molar refractivity (Wildman–Crippen MR) is 74.8 cm³/mol. The molecule has 3 rings (SSSR count). The molecule has 0 fully saturated rings. The van der Waals surface area contributed by atoms with Crippen LogP contribution >= 0.6 is 11.6 Å². The van der Waals surface area contributed by atoms with Gasteiger partial charge < -0.3 is 4.74 Å². The van der Waals surface area contributed by atoms with E-state index in [4.69, 9.17) is 16.3 Å². The minimum absolute atomic E-state index is 0.254. The fourth-order valence-electron chi connectivity index (χ4n) is 2.07. The summed E-state index contributed by atoms with van der Waals surface area (Å²) in [5.41, 5.74) is 1.72. The van der Waals surface area contributed by atoms with Crippen LogP contribution in [0.25, 0.3) is 16.9 Å². The summed E-state index contributed by atoms with van der Waals surface area (Å²) in [6.07, 6.45) is 5.17. The van der Waals surface area contributed by atoms with Crippen molar-refractivity contribution in [3.05, 3.63) is 53.6 Å². The van der Waals surface area contributed by atoms with E-state index >= 15 is 0 Å². The third-order valence-electron chi connectivity index (χ3n) is 2.95. The number of methoxy groups -OCH3 is 1. The van der Waals surface area contributed by atoms with Gasteiger partial charge in [-0.3, -0.25) is 9.38 Å². The third-order valence-corrected chi connectivity index (χ3v) is 3.21. The Hall–Kier alpha value is -2.40. The third kappa shape index (κ3) is 1.92. The first kappa shape index (κ1) is 12.6. The average Bonchev–Trinajstić information content (AvgIpc) is 2.85. The van der Waals surface area contributed by atoms with Gasteiger partial charge in [-0.1, -0.05) is 11.6 Å². The van der Waals surface area contributed by atoms with Crippen LogP contribution in [0.2, 0.25) is 5.15 Å². The molecule has 100 valence electrons. The highest BCUT2D eigenvalue weighted by Gasteiger charge is 2.18. The molecule has 0 saturated carbocycles. The minimum Gasteiger partial charge on any atom is -0.465 e. The number of halogens is 1. The molecule has 0 aliphatic heterocycles. The van der Waals surface area contributed by atoms with Crippen molar-refractivity contribution < 1.29 is 9.53 Å². The van der Waals surface area contributed by atoms with Crippen LogP contribution in [-0.4, -0.2) is 27.4 Å². The molecule has 0 N–H and O–H groups in total. The molecular formula is C14H10ClN3O2. The molecule has 0 amide bonds. The largest absolute Gasteiger partial charge is 0.465 e. The molecule has 5 nitrogen and oxygen atoms in total. The van der Waals surface area contributed by atoms with Crippen LogP contribution in [0.15, 0.2) is 42.9 Å². The van der Waals surface area contributed by atoms with Gasteiger partial charge in [-0.2, -0.15) is 0 Å². The van der Waals surface area contributed by atoms with Crippen LogP contribution in [0, 0.1) is 0 Å². The molecule has 3 heterocycles. The summed E-state index contributed by atoms with van der Waals surface area (Å²) in [5.74, 6) is 0.180. The van der Waals surface area contributed by atoms with Gasteiger partial charge >= 0.3 is 5.97 Å². The van der Waals surface area contributed by atoms with Crippen LogP contribution in [-0.2, 0) is 4.74 Å². The fraction of sp³-hybridized carbons (Fsp3) is 0.0714. The number of esters is 1. The SMILES string of the molecule is COC(=O)c1cccn2c(-c3cccnc3)nc(Cl)c12. The van der Waals surface area contributed by atoms with Crippen molar-refractivity contribution in [2.24, 2.45) is 0 Å². The number of aromatic nitrogens is 3. The monoisotopic (exact) mass is 287 g/mol. The van der Waals surface area contributed by atoms with Gasteiger partial charge in [0.15, 0.2) is 5.15 Å². The smallest absolute Gasteiger partial charge is 0.340 e. The van der Waals surface area contributed by atoms with Gasteiger partial charge in [0.05, 0.1) is 18.2 Å². The van der Waals surface area contributed by atoms with Crippen LogP contribution in [0.3, 0.4) is 0 Å². The first-order valence-electron chi connectivity index (χ1n) is 5.87. The standard InChI is InChI=1S/C14H10ClN3O2/c1-20-14(19)10-5-3-7-18-11(10)12(15)17-13(18)9-4-2-6-16-8-9/h2-8H,1H3. The fourth-order valence-corrected chi connectivity index (χ4v) is 2.34. The topological polar surface area (TPSA) is 56.5 Å². The van der Waals surface area contributed by atoms with E-state index in [2.05, 4.69) is 9.97 Å². The Morgan fingerprint density at radius 3 is 2.90 bits per heavy atom. The van der Waals surface area contributed by atoms with Crippen molar-refractivity contribution in [1.82, 2.24) is 14.4 Å². The zero-order valence-corrected chi connectivity index (χ0v) is 11.3. The summed E-state index contributed by atoms with van der Waals surface area (Å²) in [6.45, 7) is 0. The Morgan fingerprint density at radius 2 is 2.20 bits per heavy atom. The summed E-state index contributed by atoms with van der Waals surface area (Å²) < 4.78 is 6.52. The van der Waals surface area contributed by atoms with Crippen molar-refractivity contribution >= 4 is 23.1 Å². The van der Waals surface area contributed by atoms with E-state index in [0.29, 0.717) is 16.9 Å². The number of nitrogens with zero attached hydrogens (tertiary/aromatic N) is 3. The van der Waals surface area contributed by atoms with Crippen LogP contribution < -0.4 is 0 Å². The van der Waals surface area contributed by atoms with Crippen LogP contribution in [0.1, 0.15) is 10.4 Å². The number of pyridine rings is 2. The first-order valence-corrected chi connectivity index (χ1v) is 6.25. The summed E-state index contributed by atoms with van der Waals surface area (Å²) >= 11 is 6.17. The maximum Gasteiger partial charge on any atom is 0.340 e. The maximum atomic E-state index is 11.8. The van der Waals surface area contributed by atoms with Gasteiger partial charge in [-0.25, -0.2) is 9.78 Å². The molecule has 0 saturated heterocycles. The van der Waals surface area contributed by atoms with E-state index in [1.807, 2.05) is 12.1 Å². The number of fused-ring (bicyclic) bond motifs is 1. The van der Waals surface area contributed by atoms with Crippen molar-refractivity contribution in [2.75, 3.05) is 7.11 Å². The molecule has 0 aliphatic carbocycles. The summed E-state index contributed by atoms with van der Waals surface area (Å²) in [5, 5.41) is 0.254. The van der Waals surface area contributed by atoms with Crippen LogP contribution in [0.4, 0.5) is 0 Å². The molecule has 0 aliphatic rings. The molecule has 3 aromatic rings. The van der Waals surface area contributed by atoms with Crippen molar-refractivity contribution in [3.63, 3.8) is 0 Å². The normalized spacial score (nSPS) is 10.7. The lowest BCUT2D eigenvalue weighted by atomic mass is 10.2. The number of carbonyl (C=O) groups is 1. The molecule has 6 heteroatoms.